The summed E-state index contributed by atoms with van der Waals surface area (Å²) in [4.78, 5) is 5.02. The van der Waals surface area contributed by atoms with E-state index in [1.807, 2.05) is 12.1 Å². The molecule has 80 valence electrons. The van der Waals surface area contributed by atoms with Gasteiger partial charge >= 0.3 is 0 Å². The minimum atomic E-state index is 0.215. The molecule has 0 unspecified atom stereocenters. The summed E-state index contributed by atoms with van der Waals surface area (Å²) in [5.74, 6) is 0.746. The largest absolute Gasteiger partial charge is 0.423 e. The van der Waals surface area contributed by atoms with Gasteiger partial charge in [0.15, 0.2) is 5.76 Å². The number of fused-ring (bicyclic) bond motifs is 1. The van der Waals surface area contributed by atoms with Crippen molar-refractivity contribution in [3.8, 4) is 10.6 Å². The highest BCUT2D eigenvalue weighted by Gasteiger charge is 2.13. The Hall–Kier alpha value is -1.81. The first kappa shape index (κ1) is 9.42. The Kier molecular flexibility index (Phi) is 1.97. The Morgan fingerprint density at radius 2 is 2.12 bits per heavy atom. The number of oxazole rings is 1. The van der Waals surface area contributed by atoms with Crippen molar-refractivity contribution in [1.29, 1.82) is 0 Å². The maximum Gasteiger partial charge on any atom is 0.292 e. The monoisotopic (exact) mass is 230 g/mol. The normalized spacial score (nSPS) is 11.1. The summed E-state index contributed by atoms with van der Waals surface area (Å²) < 4.78 is 6.61. The predicted octanol–water partition coefficient (Wildman–Crippen LogP) is 3.45. The molecular weight excluding hydrogens is 220 g/mol. The third-order valence-corrected chi connectivity index (χ3v) is 3.88. The lowest BCUT2D eigenvalue weighted by molar-refractivity contribution is 0.596. The molecule has 0 fully saturated rings. The number of benzene rings is 1. The van der Waals surface area contributed by atoms with Crippen molar-refractivity contribution < 1.29 is 4.42 Å². The number of nitrogens with zero attached hydrogens (tertiary/aromatic N) is 1. The van der Waals surface area contributed by atoms with Gasteiger partial charge in [-0.25, -0.2) is 4.98 Å². The van der Waals surface area contributed by atoms with Crippen LogP contribution in [0.5, 0.6) is 0 Å². The molecule has 3 rings (SSSR count). The third-order valence-electron chi connectivity index (χ3n) is 2.59. The summed E-state index contributed by atoms with van der Waals surface area (Å²) in [6.07, 6.45) is 1.67. The van der Waals surface area contributed by atoms with Gasteiger partial charge in [-0.05, 0) is 23.9 Å². The first-order chi connectivity index (χ1) is 7.75. The van der Waals surface area contributed by atoms with Crippen LogP contribution in [-0.2, 0) is 0 Å². The molecule has 0 saturated carbocycles. The molecular formula is C12H10N2OS. The molecule has 2 N–H and O–H groups in total. The van der Waals surface area contributed by atoms with Crippen LogP contribution in [0, 0.1) is 6.92 Å². The van der Waals surface area contributed by atoms with E-state index >= 15 is 0 Å². The first-order valence-electron chi connectivity index (χ1n) is 4.95. The van der Waals surface area contributed by atoms with Gasteiger partial charge in [-0.3, -0.25) is 0 Å². The lowest BCUT2D eigenvalue weighted by Gasteiger charge is -1.92. The van der Waals surface area contributed by atoms with Crippen LogP contribution in [-0.4, -0.2) is 4.98 Å². The van der Waals surface area contributed by atoms with Gasteiger partial charge < -0.3 is 10.2 Å². The second-order valence-corrected chi connectivity index (χ2v) is 4.67. The Balaban J connectivity index is 2.28. The number of hydrogen-bond acceptors (Lipinski definition) is 4. The number of nitrogen functional groups attached to an aromatic ring is 1. The first-order valence-corrected chi connectivity index (χ1v) is 5.77. The number of thiophene rings is 1. The summed E-state index contributed by atoms with van der Waals surface area (Å²) >= 11 is 1.70. The lowest BCUT2D eigenvalue weighted by Crippen LogP contribution is -1.79. The number of hydrogen-bond donors (Lipinski definition) is 1. The van der Waals surface area contributed by atoms with Crippen molar-refractivity contribution in [3.63, 3.8) is 0 Å². The number of aryl methyl sites for hydroxylation is 1. The Morgan fingerprint density at radius 3 is 2.81 bits per heavy atom. The van der Waals surface area contributed by atoms with Gasteiger partial charge in [0.2, 0.25) is 0 Å². The van der Waals surface area contributed by atoms with Crippen molar-refractivity contribution in [2.75, 3.05) is 5.73 Å². The van der Waals surface area contributed by atoms with Crippen LogP contribution in [0.2, 0.25) is 0 Å². The van der Waals surface area contributed by atoms with Crippen LogP contribution in [0.4, 0.5) is 6.01 Å². The fourth-order valence-electron chi connectivity index (χ4n) is 1.80. The third kappa shape index (κ3) is 1.31. The van der Waals surface area contributed by atoms with Crippen LogP contribution < -0.4 is 5.73 Å². The molecule has 0 bridgehead atoms. The van der Waals surface area contributed by atoms with Gasteiger partial charge in [0.1, 0.15) is 0 Å². The molecule has 0 aliphatic carbocycles. The summed E-state index contributed by atoms with van der Waals surface area (Å²) in [5.41, 5.74) is 6.71. The van der Waals surface area contributed by atoms with E-state index < -0.39 is 0 Å². The number of anilines is 1. The molecule has 0 saturated heterocycles. The van der Waals surface area contributed by atoms with Crippen LogP contribution in [0.25, 0.3) is 20.7 Å². The average Bonchev–Trinajstić information content (AvgIpc) is 2.84. The van der Waals surface area contributed by atoms with Crippen LogP contribution in [0.15, 0.2) is 34.9 Å². The fourth-order valence-corrected chi connectivity index (χ4v) is 2.96. The number of aromatic nitrogens is 1. The maximum absolute atomic E-state index is 5.49. The molecule has 0 aliphatic heterocycles. The van der Waals surface area contributed by atoms with Crippen LogP contribution >= 0.6 is 11.3 Å². The van der Waals surface area contributed by atoms with E-state index in [9.17, 15) is 0 Å². The minimum Gasteiger partial charge on any atom is -0.423 e. The molecule has 0 amide bonds. The summed E-state index contributed by atoms with van der Waals surface area (Å²) in [6, 6.07) is 8.52. The molecule has 0 spiro atoms. The molecule has 0 radical (unpaired) electrons. The number of nitrogens with two attached hydrogens (primary N) is 1. The van der Waals surface area contributed by atoms with E-state index in [1.54, 1.807) is 17.5 Å². The second-order valence-electron chi connectivity index (χ2n) is 3.62. The SMILES string of the molecule is Cc1c(-c2cnc(N)o2)sc2ccccc12. The molecule has 2 heterocycles. The van der Waals surface area contributed by atoms with Gasteiger partial charge in [-0.2, -0.15) is 0 Å². The molecule has 4 heteroatoms. The summed E-state index contributed by atoms with van der Waals surface area (Å²) in [5, 5.41) is 1.26. The molecule has 3 nitrogen and oxygen atoms in total. The molecule has 16 heavy (non-hydrogen) atoms. The van der Waals surface area contributed by atoms with Gasteiger partial charge in [-0.15, -0.1) is 11.3 Å². The second kappa shape index (κ2) is 3.35. The average molecular weight is 230 g/mol. The van der Waals surface area contributed by atoms with Crippen molar-refractivity contribution in [2.45, 2.75) is 6.92 Å². The highest BCUT2D eigenvalue weighted by atomic mass is 32.1. The van der Waals surface area contributed by atoms with Crippen molar-refractivity contribution in [2.24, 2.45) is 0 Å². The minimum absolute atomic E-state index is 0.215. The highest BCUT2D eigenvalue weighted by Crippen LogP contribution is 2.38. The standard InChI is InChI=1S/C12H10N2OS/c1-7-8-4-2-3-5-10(8)16-11(7)9-6-14-12(13)15-9/h2-6H,1H3,(H2,13,14). The number of rotatable bonds is 1. The zero-order valence-corrected chi connectivity index (χ0v) is 9.54. The van der Waals surface area contributed by atoms with Crippen molar-refractivity contribution >= 4 is 27.4 Å². The lowest BCUT2D eigenvalue weighted by atomic mass is 10.1. The van der Waals surface area contributed by atoms with Gasteiger partial charge in [0.05, 0.1) is 11.1 Å². The topological polar surface area (TPSA) is 52.0 Å². The Morgan fingerprint density at radius 1 is 1.31 bits per heavy atom. The van der Waals surface area contributed by atoms with Gasteiger partial charge in [0.25, 0.3) is 6.01 Å². The highest BCUT2D eigenvalue weighted by molar-refractivity contribution is 7.22. The Labute approximate surface area is 96.5 Å². The van der Waals surface area contributed by atoms with E-state index in [1.165, 1.54) is 15.6 Å². The van der Waals surface area contributed by atoms with Crippen molar-refractivity contribution in [1.82, 2.24) is 4.98 Å². The summed E-state index contributed by atoms with van der Waals surface area (Å²) in [7, 11) is 0. The molecule has 0 aliphatic rings. The van der Waals surface area contributed by atoms with E-state index in [0.717, 1.165) is 10.6 Å². The zero-order chi connectivity index (χ0) is 11.1. The maximum atomic E-state index is 5.49. The molecule has 2 aromatic heterocycles. The fraction of sp³-hybridized carbons (Fsp3) is 0.0833. The van der Waals surface area contributed by atoms with E-state index in [0.29, 0.717) is 0 Å². The van der Waals surface area contributed by atoms with Gasteiger partial charge in [0, 0.05) is 4.70 Å². The summed E-state index contributed by atoms with van der Waals surface area (Å²) in [6.45, 7) is 2.09. The predicted molar refractivity (Wildman–Crippen MR) is 66.5 cm³/mol. The van der Waals surface area contributed by atoms with Crippen molar-refractivity contribution in [3.05, 3.63) is 36.0 Å². The van der Waals surface area contributed by atoms with Crippen LogP contribution in [0.1, 0.15) is 5.56 Å². The Bertz CT molecular complexity index is 654. The molecule has 0 atom stereocenters. The zero-order valence-electron chi connectivity index (χ0n) is 8.73. The van der Waals surface area contributed by atoms with E-state index in [2.05, 4.69) is 24.0 Å². The van der Waals surface area contributed by atoms with Crippen LogP contribution in [0.3, 0.4) is 0 Å². The van der Waals surface area contributed by atoms with Gasteiger partial charge in [-0.1, -0.05) is 18.2 Å². The molecule has 3 aromatic rings. The van der Waals surface area contributed by atoms with E-state index in [4.69, 9.17) is 10.2 Å². The quantitative estimate of drug-likeness (QED) is 0.696. The van der Waals surface area contributed by atoms with E-state index in [-0.39, 0.29) is 6.01 Å². The smallest absolute Gasteiger partial charge is 0.292 e. The molecule has 1 aromatic carbocycles.